The molecule has 0 fully saturated rings. The molecule has 1 heterocycles. The minimum Gasteiger partial charge on any atom is -0.329 e. The van der Waals surface area contributed by atoms with E-state index in [9.17, 15) is 0 Å². The molecule has 80 valence electrons. The maximum absolute atomic E-state index is 5.82. The van der Waals surface area contributed by atoms with Crippen molar-refractivity contribution in [2.24, 2.45) is 5.73 Å². The maximum Gasteiger partial charge on any atom is 0.0518 e. The number of nitrogens with two attached hydrogens (primary N) is 1. The Labute approximate surface area is 95.1 Å². The Bertz CT molecular complexity index is 270. The van der Waals surface area contributed by atoms with Gasteiger partial charge in [0, 0.05) is 16.7 Å². The maximum atomic E-state index is 5.82. The third kappa shape index (κ3) is 3.01. The fourth-order valence-electron chi connectivity index (χ4n) is 1.32. The van der Waals surface area contributed by atoms with Crippen molar-refractivity contribution >= 4 is 23.1 Å². The van der Waals surface area contributed by atoms with Gasteiger partial charge in [0.25, 0.3) is 0 Å². The molecule has 0 spiro atoms. The molecule has 1 aromatic rings. The number of aryl methyl sites for hydroxylation is 1. The van der Waals surface area contributed by atoms with Crippen molar-refractivity contribution in [1.29, 1.82) is 0 Å². The van der Waals surface area contributed by atoms with Gasteiger partial charge in [-0.05, 0) is 30.4 Å². The predicted octanol–water partition coefficient (Wildman–Crippen LogP) is 3.59. The first-order chi connectivity index (χ1) is 6.69. The van der Waals surface area contributed by atoms with Crippen LogP contribution in [-0.4, -0.2) is 11.8 Å². The first-order valence-corrected chi connectivity index (χ1v) is 6.90. The lowest BCUT2D eigenvalue weighted by Crippen LogP contribution is -2.12. The normalized spacial score (nSPS) is 15.4. The van der Waals surface area contributed by atoms with Crippen molar-refractivity contribution < 1.29 is 0 Å². The summed E-state index contributed by atoms with van der Waals surface area (Å²) in [6, 6.07) is 2.18. The van der Waals surface area contributed by atoms with Gasteiger partial charge in [-0.1, -0.05) is 13.8 Å². The van der Waals surface area contributed by atoms with E-state index < -0.39 is 0 Å². The summed E-state index contributed by atoms with van der Waals surface area (Å²) in [6.45, 7) is 7.42. The molecule has 2 N–H and O–H groups in total. The Morgan fingerprint density at radius 3 is 2.71 bits per heavy atom. The summed E-state index contributed by atoms with van der Waals surface area (Å²) < 4.78 is 0. The average Bonchev–Trinajstić information content (AvgIpc) is 2.60. The average molecular weight is 229 g/mol. The lowest BCUT2D eigenvalue weighted by Gasteiger charge is -2.18. The Kier molecular flexibility index (Phi) is 4.99. The van der Waals surface area contributed by atoms with E-state index in [1.807, 2.05) is 23.1 Å². The molecule has 0 bridgehead atoms. The lowest BCUT2D eigenvalue weighted by molar-refractivity contribution is 0.878. The van der Waals surface area contributed by atoms with Crippen molar-refractivity contribution in [2.75, 3.05) is 6.54 Å². The highest BCUT2D eigenvalue weighted by molar-refractivity contribution is 8.00. The van der Waals surface area contributed by atoms with Gasteiger partial charge in [-0.3, -0.25) is 0 Å². The predicted molar refractivity (Wildman–Crippen MR) is 68.2 cm³/mol. The molecule has 2 atom stereocenters. The fourth-order valence-corrected chi connectivity index (χ4v) is 3.74. The summed E-state index contributed by atoms with van der Waals surface area (Å²) in [5.74, 6) is 0. The molecule has 2 unspecified atom stereocenters. The van der Waals surface area contributed by atoms with Gasteiger partial charge in [-0.2, -0.15) is 0 Å². The van der Waals surface area contributed by atoms with Gasteiger partial charge in [-0.15, -0.1) is 23.1 Å². The van der Waals surface area contributed by atoms with E-state index in [1.54, 1.807) is 0 Å². The number of thiophene rings is 1. The zero-order valence-corrected chi connectivity index (χ0v) is 10.8. The van der Waals surface area contributed by atoms with Crippen LogP contribution in [0.4, 0.5) is 0 Å². The van der Waals surface area contributed by atoms with Gasteiger partial charge < -0.3 is 5.73 Å². The second kappa shape index (κ2) is 5.79. The van der Waals surface area contributed by atoms with Crippen LogP contribution >= 0.6 is 23.1 Å². The Morgan fingerprint density at radius 1 is 1.57 bits per heavy atom. The van der Waals surface area contributed by atoms with Crippen molar-refractivity contribution in [3.63, 3.8) is 0 Å². The molecule has 0 aliphatic heterocycles. The molecule has 0 radical (unpaired) electrons. The van der Waals surface area contributed by atoms with Crippen LogP contribution in [0.3, 0.4) is 0 Å². The Balaban J connectivity index is 2.67. The molecule has 1 aromatic heterocycles. The quantitative estimate of drug-likeness (QED) is 0.835. The van der Waals surface area contributed by atoms with E-state index in [2.05, 4.69) is 32.2 Å². The van der Waals surface area contributed by atoms with E-state index in [-0.39, 0.29) is 0 Å². The van der Waals surface area contributed by atoms with Crippen LogP contribution in [0.5, 0.6) is 0 Å². The van der Waals surface area contributed by atoms with Crippen LogP contribution in [0.2, 0.25) is 0 Å². The van der Waals surface area contributed by atoms with Gasteiger partial charge in [0.15, 0.2) is 0 Å². The summed E-state index contributed by atoms with van der Waals surface area (Å²) in [5, 5.41) is 3.35. The highest BCUT2D eigenvalue weighted by Crippen LogP contribution is 2.36. The minimum atomic E-state index is 0.491. The van der Waals surface area contributed by atoms with E-state index in [1.165, 1.54) is 16.9 Å². The molecule has 0 saturated heterocycles. The SMILES string of the molecule is CCC(C)SC(CN)c1sccc1C. The topological polar surface area (TPSA) is 26.0 Å². The van der Waals surface area contributed by atoms with Crippen LogP contribution in [-0.2, 0) is 0 Å². The van der Waals surface area contributed by atoms with Gasteiger partial charge in [0.05, 0.1) is 5.25 Å². The molecule has 1 nitrogen and oxygen atoms in total. The molecule has 3 heteroatoms. The highest BCUT2D eigenvalue weighted by Gasteiger charge is 2.16. The van der Waals surface area contributed by atoms with Crippen molar-refractivity contribution in [2.45, 2.75) is 37.7 Å². The standard InChI is InChI=1S/C11H19NS2/c1-4-9(3)14-10(7-12)11-8(2)5-6-13-11/h5-6,9-10H,4,7,12H2,1-3H3. The van der Waals surface area contributed by atoms with Gasteiger partial charge >= 0.3 is 0 Å². The highest BCUT2D eigenvalue weighted by atomic mass is 32.2. The van der Waals surface area contributed by atoms with E-state index >= 15 is 0 Å². The van der Waals surface area contributed by atoms with Crippen LogP contribution in [0.15, 0.2) is 11.4 Å². The van der Waals surface area contributed by atoms with Crippen LogP contribution in [0.25, 0.3) is 0 Å². The third-order valence-corrected chi connectivity index (χ3v) is 5.22. The molecule has 0 saturated carbocycles. The zero-order valence-electron chi connectivity index (χ0n) is 9.12. The second-order valence-corrected chi connectivity index (χ2v) is 6.14. The first kappa shape index (κ1) is 12.1. The monoisotopic (exact) mass is 229 g/mol. The van der Waals surface area contributed by atoms with Gasteiger partial charge in [0.2, 0.25) is 0 Å². The Morgan fingerprint density at radius 2 is 2.29 bits per heavy atom. The molecule has 0 aliphatic carbocycles. The molecule has 1 rings (SSSR count). The molecular weight excluding hydrogens is 210 g/mol. The van der Waals surface area contributed by atoms with Crippen molar-refractivity contribution in [3.8, 4) is 0 Å². The summed E-state index contributed by atoms with van der Waals surface area (Å²) in [7, 11) is 0. The van der Waals surface area contributed by atoms with Crippen molar-refractivity contribution in [3.05, 3.63) is 21.9 Å². The zero-order chi connectivity index (χ0) is 10.6. The lowest BCUT2D eigenvalue weighted by atomic mass is 10.2. The summed E-state index contributed by atoms with van der Waals surface area (Å²) in [6.07, 6.45) is 1.21. The second-order valence-electron chi connectivity index (χ2n) is 3.55. The van der Waals surface area contributed by atoms with Crippen LogP contribution in [0.1, 0.15) is 36.0 Å². The van der Waals surface area contributed by atoms with E-state index in [0.717, 1.165) is 6.54 Å². The molecule has 14 heavy (non-hydrogen) atoms. The molecule has 0 aliphatic rings. The number of hydrogen-bond acceptors (Lipinski definition) is 3. The summed E-state index contributed by atoms with van der Waals surface area (Å²) in [4.78, 5) is 1.46. The molecule has 0 aromatic carbocycles. The largest absolute Gasteiger partial charge is 0.329 e. The number of hydrogen-bond donors (Lipinski definition) is 1. The number of thioether (sulfide) groups is 1. The fraction of sp³-hybridized carbons (Fsp3) is 0.636. The van der Waals surface area contributed by atoms with Gasteiger partial charge in [-0.25, -0.2) is 0 Å². The Hall–Kier alpha value is 0.0100. The third-order valence-electron chi connectivity index (χ3n) is 2.38. The molecule has 0 amide bonds. The molecular formula is C11H19NS2. The number of rotatable bonds is 5. The summed E-state index contributed by atoms with van der Waals surface area (Å²) >= 11 is 3.84. The van der Waals surface area contributed by atoms with Crippen LogP contribution < -0.4 is 5.73 Å². The van der Waals surface area contributed by atoms with E-state index in [4.69, 9.17) is 5.73 Å². The smallest absolute Gasteiger partial charge is 0.0518 e. The van der Waals surface area contributed by atoms with E-state index in [0.29, 0.717) is 10.5 Å². The van der Waals surface area contributed by atoms with Crippen molar-refractivity contribution in [1.82, 2.24) is 0 Å². The summed E-state index contributed by atoms with van der Waals surface area (Å²) in [5.41, 5.74) is 7.21. The minimum absolute atomic E-state index is 0.491. The van der Waals surface area contributed by atoms with Crippen LogP contribution in [0, 0.1) is 6.92 Å². The van der Waals surface area contributed by atoms with Gasteiger partial charge in [0.1, 0.15) is 0 Å². The first-order valence-electron chi connectivity index (χ1n) is 5.08.